The van der Waals surface area contributed by atoms with Gasteiger partial charge in [0, 0.05) is 12.5 Å². The fraction of sp³-hybridized carbons (Fsp3) is 1.00. The zero-order valence-corrected chi connectivity index (χ0v) is 8.36. The molecule has 0 fully saturated rings. The second-order valence-corrected chi connectivity index (χ2v) is 3.04. The molecule has 0 aromatic carbocycles. The summed E-state index contributed by atoms with van der Waals surface area (Å²) in [7, 11) is 0. The Labute approximate surface area is 75.1 Å². The summed E-state index contributed by atoms with van der Waals surface area (Å²) in [6.07, 6.45) is 5.20. The van der Waals surface area contributed by atoms with Gasteiger partial charge in [0.2, 0.25) is 0 Å². The molecule has 0 heterocycles. The predicted molar refractivity (Wildman–Crippen MR) is 50.3 cm³/mol. The molecule has 0 saturated heterocycles. The van der Waals surface area contributed by atoms with Crippen LogP contribution in [0.15, 0.2) is 0 Å². The van der Waals surface area contributed by atoms with Gasteiger partial charge < -0.3 is 4.74 Å². The lowest BCUT2D eigenvalue weighted by molar-refractivity contribution is 0.0708. The molecule has 0 N–H and O–H groups in total. The quantitative estimate of drug-likeness (QED) is 0.430. The third-order valence-corrected chi connectivity index (χ3v) is 2.05. The molecule has 0 aromatic rings. The molecule has 0 aliphatic rings. The molecule has 0 bridgehead atoms. The van der Waals surface area contributed by atoms with Crippen molar-refractivity contribution in [3.63, 3.8) is 0 Å². The first-order valence-corrected chi connectivity index (χ1v) is 5.06. The van der Waals surface area contributed by atoms with Crippen molar-refractivity contribution in [2.24, 2.45) is 0 Å². The number of alkyl halides is 1. The summed E-state index contributed by atoms with van der Waals surface area (Å²) >= 11 is 5.70. The van der Waals surface area contributed by atoms with Crippen LogP contribution >= 0.6 is 11.6 Å². The van der Waals surface area contributed by atoms with Gasteiger partial charge in [-0.2, -0.15) is 0 Å². The van der Waals surface area contributed by atoms with Gasteiger partial charge in [-0.1, -0.05) is 26.2 Å². The van der Waals surface area contributed by atoms with Gasteiger partial charge in [0.05, 0.1) is 6.10 Å². The minimum atomic E-state index is 0.285. The van der Waals surface area contributed by atoms with Crippen LogP contribution in [0.1, 0.15) is 39.5 Å². The standard InChI is InChI=1S/C9H19ClO/c1-3-5-6-7-9(8-10)11-4-2/h9H,3-8H2,1-2H3. The molecule has 1 atom stereocenters. The topological polar surface area (TPSA) is 9.23 Å². The van der Waals surface area contributed by atoms with E-state index in [1.54, 1.807) is 0 Å². The Morgan fingerprint density at radius 1 is 1.27 bits per heavy atom. The van der Waals surface area contributed by atoms with E-state index in [0.717, 1.165) is 13.0 Å². The maximum Gasteiger partial charge on any atom is 0.0710 e. The van der Waals surface area contributed by atoms with Crippen molar-refractivity contribution in [3.05, 3.63) is 0 Å². The van der Waals surface area contributed by atoms with Gasteiger partial charge in [0.1, 0.15) is 0 Å². The van der Waals surface area contributed by atoms with E-state index >= 15 is 0 Å². The molecule has 11 heavy (non-hydrogen) atoms. The summed E-state index contributed by atoms with van der Waals surface area (Å²) in [6, 6.07) is 0. The van der Waals surface area contributed by atoms with Crippen LogP contribution in [0.2, 0.25) is 0 Å². The summed E-state index contributed by atoms with van der Waals surface area (Å²) in [5, 5.41) is 0. The van der Waals surface area contributed by atoms with Crippen LogP contribution in [0.5, 0.6) is 0 Å². The molecule has 0 aromatic heterocycles. The maximum atomic E-state index is 5.70. The normalized spacial score (nSPS) is 13.4. The average molecular weight is 179 g/mol. The van der Waals surface area contributed by atoms with Crippen LogP contribution in [-0.4, -0.2) is 18.6 Å². The number of unbranched alkanes of at least 4 members (excludes halogenated alkanes) is 2. The van der Waals surface area contributed by atoms with Crippen LogP contribution < -0.4 is 0 Å². The summed E-state index contributed by atoms with van der Waals surface area (Å²) in [4.78, 5) is 0. The highest BCUT2D eigenvalue weighted by Gasteiger charge is 2.04. The first-order chi connectivity index (χ1) is 5.35. The average Bonchev–Trinajstić information content (AvgIpc) is 2.03. The van der Waals surface area contributed by atoms with Gasteiger partial charge in [-0.05, 0) is 13.3 Å². The largest absolute Gasteiger partial charge is 0.377 e. The smallest absolute Gasteiger partial charge is 0.0710 e. The Morgan fingerprint density at radius 2 is 2.00 bits per heavy atom. The fourth-order valence-corrected chi connectivity index (χ4v) is 1.31. The Bertz CT molecular complexity index is 76.0. The highest BCUT2D eigenvalue weighted by molar-refractivity contribution is 6.18. The molecule has 1 unspecified atom stereocenters. The number of hydrogen-bond donors (Lipinski definition) is 0. The summed E-state index contributed by atoms with van der Waals surface area (Å²) in [6.45, 7) is 5.00. The second kappa shape index (κ2) is 8.35. The molecule has 0 aliphatic carbocycles. The lowest BCUT2D eigenvalue weighted by Gasteiger charge is -2.12. The SMILES string of the molecule is CCCCCC(CCl)OCC. The van der Waals surface area contributed by atoms with Crippen LogP contribution in [0.4, 0.5) is 0 Å². The number of ether oxygens (including phenoxy) is 1. The van der Waals surface area contributed by atoms with Gasteiger partial charge in [-0.15, -0.1) is 11.6 Å². The molecular weight excluding hydrogens is 160 g/mol. The zero-order valence-electron chi connectivity index (χ0n) is 7.61. The van der Waals surface area contributed by atoms with Crippen molar-refractivity contribution in [1.29, 1.82) is 0 Å². The number of halogens is 1. The first-order valence-electron chi connectivity index (χ1n) is 4.52. The van der Waals surface area contributed by atoms with E-state index in [1.807, 2.05) is 6.92 Å². The van der Waals surface area contributed by atoms with Crippen molar-refractivity contribution in [1.82, 2.24) is 0 Å². The monoisotopic (exact) mass is 178 g/mol. The van der Waals surface area contributed by atoms with Crippen molar-refractivity contribution >= 4 is 11.6 Å². The van der Waals surface area contributed by atoms with E-state index in [0.29, 0.717) is 5.88 Å². The van der Waals surface area contributed by atoms with Crippen LogP contribution in [0, 0.1) is 0 Å². The Balaban J connectivity index is 3.20. The third kappa shape index (κ3) is 6.64. The van der Waals surface area contributed by atoms with Crippen molar-refractivity contribution in [3.8, 4) is 0 Å². The Hall–Kier alpha value is 0.250. The molecule has 0 aliphatic heterocycles. The van der Waals surface area contributed by atoms with E-state index in [-0.39, 0.29) is 6.10 Å². The van der Waals surface area contributed by atoms with Gasteiger partial charge in [-0.25, -0.2) is 0 Å². The lowest BCUT2D eigenvalue weighted by Crippen LogP contribution is -2.14. The molecular formula is C9H19ClO. The van der Waals surface area contributed by atoms with E-state index < -0.39 is 0 Å². The van der Waals surface area contributed by atoms with E-state index in [1.165, 1.54) is 19.3 Å². The van der Waals surface area contributed by atoms with Crippen LogP contribution in [-0.2, 0) is 4.74 Å². The van der Waals surface area contributed by atoms with Crippen molar-refractivity contribution in [2.75, 3.05) is 12.5 Å². The molecule has 1 nitrogen and oxygen atoms in total. The molecule has 0 saturated carbocycles. The van der Waals surface area contributed by atoms with Crippen LogP contribution in [0.25, 0.3) is 0 Å². The lowest BCUT2D eigenvalue weighted by atomic mass is 10.1. The second-order valence-electron chi connectivity index (χ2n) is 2.73. The molecule has 2 heteroatoms. The maximum absolute atomic E-state index is 5.70. The summed E-state index contributed by atoms with van der Waals surface area (Å²) < 4.78 is 5.41. The van der Waals surface area contributed by atoms with E-state index in [9.17, 15) is 0 Å². The van der Waals surface area contributed by atoms with Gasteiger partial charge in [-0.3, -0.25) is 0 Å². The fourth-order valence-electron chi connectivity index (χ4n) is 1.06. The molecule has 0 amide bonds. The third-order valence-electron chi connectivity index (χ3n) is 1.70. The molecule has 68 valence electrons. The highest BCUT2D eigenvalue weighted by atomic mass is 35.5. The van der Waals surface area contributed by atoms with Crippen LogP contribution in [0.3, 0.4) is 0 Å². The van der Waals surface area contributed by atoms with Gasteiger partial charge in [0.25, 0.3) is 0 Å². The summed E-state index contributed by atoms with van der Waals surface area (Å²) in [5.41, 5.74) is 0. The molecule has 0 spiro atoms. The predicted octanol–water partition coefficient (Wildman–Crippen LogP) is 3.21. The minimum Gasteiger partial charge on any atom is -0.377 e. The Morgan fingerprint density at radius 3 is 2.45 bits per heavy atom. The van der Waals surface area contributed by atoms with E-state index in [4.69, 9.17) is 16.3 Å². The van der Waals surface area contributed by atoms with Crippen molar-refractivity contribution < 1.29 is 4.74 Å². The van der Waals surface area contributed by atoms with Crippen molar-refractivity contribution in [2.45, 2.75) is 45.6 Å². The summed E-state index contributed by atoms with van der Waals surface area (Å²) in [5.74, 6) is 0.636. The van der Waals surface area contributed by atoms with Gasteiger partial charge in [0.15, 0.2) is 0 Å². The van der Waals surface area contributed by atoms with E-state index in [2.05, 4.69) is 6.92 Å². The number of rotatable bonds is 7. The highest BCUT2D eigenvalue weighted by Crippen LogP contribution is 2.07. The first kappa shape index (κ1) is 11.2. The molecule has 0 radical (unpaired) electrons. The zero-order chi connectivity index (χ0) is 8.53. The Kier molecular flexibility index (Phi) is 8.54. The number of hydrogen-bond acceptors (Lipinski definition) is 1. The van der Waals surface area contributed by atoms with Gasteiger partial charge >= 0.3 is 0 Å². The minimum absolute atomic E-state index is 0.285. The molecule has 0 rings (SSSR count).